The van der Waals surface area contributed by atoms with Gasteiger partial charge in [0, 0.05) is 37.8 Å². The molecule has 0 radical (unpaired) electrons. The predicted octanol–water partition coefficient (Wildman–Crippen LogP) is 3.56. The Kier molecular flexibility index (Phi) is 5.48. The number of urea groups is 1. The van der Waals surface area contributed by atoms with Gasteiger partial charge < -0.3 is 20.1 Å². The Bertz CT molecular complexity index is 1320. The van der Waals surface area contributed by atoms with Gasteiger partial charge in [0.25, 0.3) is 5.91 Å². The van der Waals surface area contributed by atoms with Crippen LogP contribution in [0.3, 0.4) is 0 Å². The summed E-state index contributed by atoms with van der Waals surface area (Å²) in [6.45, 7) is 1.50. The Morgan fingerprint density at radius 3 is 2.70 bits per heavy atom. The predicted molar refractivity (Wildman–Crippen MR) is 124 cm³/mol. The number of nitrogens with zero attached hydrogens (tertiary/aromatic N) is 3. The quantitative estimate of drug-likeness (QED) is 0.493. The van der Waals surface area contributed by atoms with Crippen molar-refractivity contribution >= 4 is 22.7 Å². The van der Waals surface area contributed by atoms with Gasteiger partial charge in [0.1, 0.15) is 0 Å². The highest BCUT2D eigenvalue weighted by Crippen LogP contribution is 2.28. The number of nitrogens with one attached hydrogen (secondary N) is 2. The summed E-state index contributed by atoms with van der Waals surface area (Å²) >= 11 is 0. The van der Waals surface area contributed by atoms with Crippen LogP contribution in [-0.2, 0) is 6.54 Å². The Morgan fingerprint density at radius 1 is 1.06 bits per heavy atom. The molecule has 3 aromatic carbocycles. The number of likely N-dealkylation sites (tertiary alicyclic amines) is 1. The molecule has 4 aromatic rings. The van der Waals surface area contributed by atoms with E-state index in [4.69, 9.17) is 4.52 Å². The first-order chi connectivity index (χ1) is 16.1. The maximum Gasteiger partial charge on any atom is 0.317 e. The van der Waals surface area contributed by atoms with E-state index in [-0.39, 0.29) is 17.9 Å². The minimum atomic E-state index is -0.176. The molecule has 5 rings (SSSR count). The molecule has 0 unspecified atom stereocenters. The first-order valence-electron chi connectivity index (χ1n) is 10.8. The number of amides is 3. The van der Waals surface area contributed by atoms with Gasteiger partial charge in [0.2, 0.25) is 11.7 Å². The monoisotopic (exact) mass is 441 g/mol. The summed E-state index contributed by atoms with van der Waals surface area (Å²) in [6, 6.07) is 21.2. The number of benzene rings is 3. The van der Waals surface area contributed by atoms with Crippen molar-refractivity contribution in [3.8, 4) is 11.4 Å². The van der Waals surface area contributed by atoms with Crippen LogP contribution in [0.1, 0.15) is 27.7 Å². The largest absolute Gasteiger partial charge is 0.355 e. The summed E-state index contributed by atoms with van der Waals surface area (Å²) in [4.78, 5) is 30.6. The average molecular weight is 441 g/mol. The second-order valence-electron chi connectivity index (χ2n) is 8.02. The first-order valence-corrected chi connectivity index (χ1v) is 10.8. The molecule has 1 saturated heterocycles. The molecule has 2 heterocycles. The molecule has 3 amide bonds. The van der Waals surface area contributed by atoms with Crippen molar-refractivity contribution in [2.45, 2.75) is 12.5 Å². The van der Waals surface area contributed by atoms with Crippen LogP contribution < -0.4 is 10.6 Å². The van der Waals surface area contributed by atoms with Crippen LogP contribution in [0, 0.1) is 0 Å². The van der Waals surface area contributed by atoms with E-state index >= 15 is 0 Å². The van der Waals surface area contributed by atoms with Gasteiger partial charge in [0.05, 0.1) is 5.92 Å². The molecule has 1 aromatic heterocycles. The number of fused-ring (bicyclic) bond motifs is 1. The van der Waals surface area contributed by atoms with E-state index in [1.807, 2.05) is 30.3 Å². The molecule has 0 bridgehead atoms. The molecule has 0 atom stereocenters. The number of rotatable bonds is 5. The van der Waals surface area contributed by atoms with Gasteiger partial charge in [-0.1, -0.05) is 59.8 Å². The highest BCUT2D eigenvalue weighted by atomic mass is 16.5. The zero-order valence-corrected chi connectivity index (χ0v) is 18.1. The summed E-state index contributed by atoms with van der Waals surface area (Å²) in [7, 11) is 1.59. The third kappa shape index (κ3) is 4.15. The van der Waals surface area contributed by atoms with E-state index < -0.39 is 0 Å². The molecular weight excluding hydrogens is 418 g/mol. The molecule has 0 saturated carbocycles. The van der Waals surface area contributed by atoms with E-state index in [1.54, 1.807) is 30.1 Å². The van der Waals surface area contributed by atoms with Gasteiger partial charge in [-0.05, 0) is 28.5 Å². The molecule has 8 nitrogen and oxygen atoms in total. The van der Waals surface area contributed by atoms with Crippen molar-refractivity contribution in [3.63, 3.8) is 0 Å². The number of hydrogen-bond donors (Lipinski definition) is 2. The fraction of sp³-hybridized carbons (Fsp3) is 0.200. The SMILES string of the molecule is CNC(=O)c1cccc(-c2noc(C3CN(C(=O)NCc4cccc5ccccc45)C3)n2)c1. The highest BCUT2D eigenvalue weighted by molar-refractivity contribution is 5.95. The fourth-order valence-corrected chi connectivity index (χ4v) is 3.99. The number of carbonyl (C=O) groups excluding carboxylic acids is 2. The standard InChI is InChI=1S/C25H23N5O3/c1-26-23(31)18-9-5-8-17(12-18)22-28-24(33-29-22)20-14-30(15-20)25(32)27-13-19-10-4-7-16-6-2-3-11-21(16)19/h2-12,20H,13-15H2,1H3,(H,26,31)(H,27,32). The Hall–Kier alpha value is -4.20. The zero-order valence-electron chi connectivity index (χ0n) is 18.1. The van der Waals surface area contributed by atoms with Gasteiger partial charge in [-0.3, -0.25) is 4.79 Å². The number of carbonyl (C=O) groups is 2. The van der Waals surface area contributed by atoms with Crippen LogP contribution in [-0.4, -0.2) is 47.1 Å². The van der Waals surface area contributed by atoms with Crippen LogP contribution >= 0.6 is 0 Å². The zero-order chi connectivity index (χ0) is 22.8. The second kappa shape index (κ2) is 8.74. The third-order valence-corrected chi connectivity index (χ3v) is 5.88. The van der Waals surface area contributed by atoms with E-state index in [0.717, 1.165) is 16.3 Å². The second-order valence-corrected chi connectivity index (χ2v) is 8.02. The van der Waals surface area contributed by atoms with Crippen LogP contribution in [0.5, 0.6) is 0 Å². The molecule has 33 heavy (non-hydrogen) atoms. The minimum absolute atomic E-state index is 0.00308. The lowest BCUT2D eigenvalue weighted by atomic mass is 10.0. The minimum Gasteiger partial charge on any atom is -0.355 e. The smallest absolute Gasteiger partial charge is 0.317 e. The van der Waals surface area contributed by atoms with Crippen LogP contribution in [0.4, 0.5) is 4.79 Å². The maximum atomic E-state index is 12.6. The van der Waals surface area contributed by atoms with Crippen molar-refractivity contribution in [1.29, 1.82) is 0 Å². The van der Waals surface area contributed by atoms with E-state index in [1.165, 1.54) is 0 Å². The summed E-state index contributed by atoms with van der Waals surface area (Å²) in [5.74, 6) is 0.740. The summed E-state index contributed by atoms with van der Waals surface area (Å²) in [5.41, 5.74) is 2.31. The molecule has 1 fully saturated rings. The van der Waals surface area contributed by atoms with Crippen molar-refractivity contribution in [1.82, 2.24) is 25.7 Å². The fourth-order valence-electron chi connectivity index (χ4n) is 3.99. The van der Waals surface area contributed by atoms with Gasteiger partial charge in [-0.2, -0.15) is 4.98 Å². The van der Waals surface area contributed by atoms with Gasteiger partial charge in [-0.15, -0.1) is 0 Å². The molecule has 0 aliphatic carbocycles. The lowest BCUT2D eigenvalue weighted by Crippen LogP contribution is -2.52. The van der Waals surface area contributed by atoms with Gasteiger partial charge in [-0.25, -0.2) is 4.79 Å². The molecule has 1 aliphatic heterocycles. The van der Waals surface area contributed by atoms with Crippen LogP contribution in [0.15, 0.2) is 71.3 Å². The van der Waals surface area contributed by atoms with E-state index in [9.17, 15) is 9.59 Å². The maximum absolute atomic E-state index is 12.6. The van der Waals surface area contributed by atoms with Crippen LogP contribution in [0.2, 0.25) is 0 Å². The Balaban J connectivity index is 1.18. The lowest BCUT2D eigenvalue weighted by molar-refractivity contribution is 0.0963. The number of hydrogen-bond acceptors (Lipinski definition) is 5. The topological polar surface area (TPSA) is 100 Å². The van der Waals surface area contributed by atoms with Gasteiger partial charge >= 0.3 is 6.03 Å². The molecule has 8 heteroatoms. The molecule has 2 N–H and O–H groups in total. The van der Waals surface area contributed by atoms with Crippen molar-refractivity contribution < 1.29 is 14.1 Å². The molecule has 1 aliphatic rings. The molecule has 166 valence electrons. The van der Waals surface area contributed by atoms with Crippen molar-refractivity contribution in [2.75, 3.05) is 20.1 Å². The summed E-state index contributed by atoms with van der Waals surface area (Å²) < 4.78 is 5.44. The normalized spacial score (nSPS) is 13.5. The van der Waals surface area contributed by atoms with Crippen LogP contribution in [0.25, 0.3) is 22.2 Å². The average Bonchev–Trinajstić information content (AvgIpc) is 3.31. The van der Waals surface area contributed by atoms with Crippen molar-refractivity contribution in [2.24, 2.45) is 0 Å². The third-order valence-electron chi connectivity index (χ3n) is 5.88. The molecular formula is C25H23N5O3. The summed E-state index contributed by atoms with van der Waals surface area (Å²) in [6.07, 6.45) is 0. The summed E-state index contributed by atoms with van der Waals surface area (Å²) in [5, 5.41) is 11.9. The first kappa shape index (κ1) is 20.7. The molecule has 0 spiro atoms. The van der Waals surface area contributed by atoms with E-state index in [0.29, 0.717) is 42.5 Å². The Labute approximate surface area is 190 Å². The van der Waals surface area contributed by atoms with E-state index in [2.05, 4.69) is 39.0 Å². The highest BCUT2D eigenvalue weighted by Gasteiger charge is 2.35. The van der Waals surface area contributed by atoms with Crippen molar-refractivity contribution in [3.05, 3.63) is 83.7 Å². The lowest BCUT2D eigenvalue weighted by Gasteiger charge is -2.36. The number of aromatic nitrogens is 2. The Morgan fingerprint density at radius 2 is 1.85 bits per heavy atom. The van der Waals surface area contributed by atoms with Gasteiger partial charge in [0.15, 0.2) is 0 Å².